The normalized spacial score (nSPS) is 18.5. The van der Waals surface area contributed by atoms with Gasteiger partial charge < -0.3 is 15.6 Å². The molecule has 3 aromatic rings. The number of nitrogens with one attached hydrogen (secondary N) is 3. The summed E-state index contributed by atoms with van der Waals surface area (Å²) in [7, 11) is 0. The fourth-order valence-corrected chi connectivity index (χ4v) is 4.90. The van der Waals surface area contributed by atoms with Gasteiger partial charge in [-0.25, -0.2) is 9.78 Å². The van der Waals surface area contributed by atoms with Crippen molar-refractivity contribution in [2.75, 3.05) is 6.54 Å². The molecule has 33 heavy (non-hydrogen) atoms. The van der Waals surface area contributed by atoms with Gasteiger partial charge in [-0.3, -0.25) is 14.5 Å². The number of benzene rings is 2. The van der Waals surface area contributed by atoms with Crippen LogP contribution in [0.25, 0.3) is 11.0 Å². The Bertz CT molecular complexity index is 1150. The van der Waals surface area contributed by atoms with Crippen LogP contribution in [0.4, 0.5) is 4.79 Å². The van der Waals surface area contributed by atoms with Gasteiger partial charge in [0.05, 0.1) is 17.1 Å². The lowest BCUT2D eigenvalue weighted by Gasteiger charge is -2.30. The van der Waals surface area contributed by atoms with Crippen molar-refractivity contribution in [3.05, 3.63) is 66.0 Å². The molecule has 1 saturated heterocycles. The van der Waals surface area contributed by atoms with Crippen molar-refractivity contribution >= 4 is 28.9 Å². The first-order valence-corrected chi connectivity index (χ1v) is 11.5. The highest BCUT2D eigenvalue weighted by Crippen LogP contribution is 2.33. The van der Waals surface area contributed by atoms with Crippen molar-refractivity contribution < 1.29 is 14.4 Å². The lowest BCUT2D eigenvalue weighted by atomic mass is 9.82. The molecule has 1 atom stereocenters. The van der Waals surface area contributed by atoms with E-state index in [4.69, 9.17) is 0 Å². The zero-order valence-electron chi connectivity index (χ0n) is 18.3. The summed E-state index contributed by atoms with van der Waals surface area (Å²) in [5, 5.41) is 5.85. The molecular formula is C25H27N5O3. The molecule has 1 spiro atoms. The molecule has 0 radical (unpaired) electrons. The Kier molecular flexibility index (Phi) is 5.58. The molecule has 1 aromatic heterocycles. The number of nitrogens with zero attached hydrogens (tertiary/aromatic N) is 2. The van der Waals surface area contributed by atoms with E-state index < -0.39 is 23.5 Å². The fraction of sp³-hybridized carbons (Fsp3) is 0.360. The topological polar surface area (TPSA) is 107 Å². The van der Waals surface area contributed by atoms with Crippen LogP contribution in [0.5, 0.6) is 0 Å². The number of aromatic nitrogens is 2. The molecule has 2 aliphatic rings. The fourth-order valence-electron chi connectivity index (χ4n) is 4.90. The number of H-pyrrole nitrogens is 1. The van der Waals surface area contributed by atoms with E-state index in [1.165, 1.54) is 0 Å². The third-order valence-electron chi connectivity index (χ3n) is 6.61. The van der Waals surface area contributed by atoms with E-state index in [-0.39, 0.29) is 12.5 Å². The molecular weight excluding hydrogens is 418 g/mol. The molecule has 5 rings (SSSR count). The number of hydrogen-bond acceptors (Lipinski definition) is 4. The van der Waals surface area contributed by atoms with Gasteiger partial charge in [-0.05, 0) is 37.0 Å². The van der Waals surface area contributed by atoms with E-state index in [1.807, 2.05) is 54.6 Å². The Morgan fingerprint density at radius 2 is 1.76 bits per heavy atom. The second-order valence-corrected chi connectivity index (χ2v) is 8.91. The summed E-state index contributed by atoms with van der Waals surface area (Å²) in [5.41, 5.74) is 1.90. The monoisotopic (exact) mass is 445 g/mol. The van der Waals surface area contributed by atoms with Crippen molar-refractivity contribution in [1.29, 1.82) is 0 Å². The van der Waals surface area contributed by atoms with Gasteiger partial charge in [0.2, 0.25) is 5.91 Å². The van der Waals surface area contributed by atoms with Gasteiger partial charge in [0.15, 0.2) is 0 Å². The first-order valence-electron chi connectivity index (χ1n) is 11.5. The lowest BCUT2D eigenvalue weighted by Crippen LogP contribution is -2.49. The highest BCUT2D eigenvalue weighted by molar-refractivity contribution is 6.09. The maximum Gasteiger partial charge on any atom is 0.325 e. The van der Waals surface area contributed by atoms with Gasteiger partial charge >= 0.3 is 6.03 Å². The molecule has 1 saturated carbocycles. The molecule has 2 heterocycles. The van der Waals surface area contributed by atoms with Gasteiger partial charge in [-0.1, -0.05) is 61.7 Å². The van der Waals surface area contributed by atoms with E-state index in [1.54, 1.807) is 0 Å². The molecule has 2 aromatic carbocycles. The highest BCUT2D eigenvalue weighted by atomic mass is 16.2. The van der Waals surface area contributed by atoms with Crippen LogP contribution in [0.3, 0.4) is 0 Å². The van der Waals surface area contributed by atoms with Crippen LogP contribution in [0.2, 0.25) is 0 Å². The van der Waals surface area contributed by atoms with E-state index in [9.17, 15) is 14.4 Å². The molecule has 0 unspecified atom stereocenters. The Balaban J connectivity index is 1.34. The van der Waals surface area contributed by atoms with E-state index in [0.717, 1.165) is 40.8 Å². The van der Waals surface area contributed by atoms with Gasteiger partial charge in [-0.2, -0.15) is 0 Å². The van der Waals surface area contributed by atoms with Crippen LogP contribution in [-0.4, -0.2) is 44.8 Å². The van der Waals surface area contributed by atoms with Crippen LogP contribution in [0.1, 0.15) is 49.5 Å². The maximum absolute atomic E-state index is 13.0. The molecule has 8 nitrogen and oxygen atoms in total. The molecule has 1 aliphatic carbocycles. The van der Waals surface area contributed by atoms with Gasteiger partial charge in [0, 0.05) is 0 Å². The average Bonchev–Trinajstić information content (AvgIpc) is 3.35. The van der Waals surface area contributed by atoms with Crippen LogP contribution in [0, 0.1) is 0 Å². The van der Waals surface area contributed by atoms with Gasteiger partial charge in [-0.15, -0.1) is 0 Å². The van der Waals surface area contributed by atoms with Crippen molar-refractivity contribution in [1.82, 2.24) is 25.5 Å². The molecule has 3 N–H and O–H groups in total. The third kappa shape index (κ3) is 4.20. The Hall–Kier alpha value is -3.68. The number of para-hydroxylation sites is 2. The summed E-state index contributed by atoms with van der Waals surface area (Å²) in [6, 6.07) is 16.6. The SMILES string of the molecule is O=C(CN1C(=O)NC2(CCCCC2)C1=O)N[C@H](Cc1ccccc1)c1nc2ccccc2[nH]1. The molecule has 2 fully saturated rings. The van der Waals surface area contributed by atoms with E-state index >= 15 is 0 Å². The zero-order chi connectivity index (χ0) is 22.8. The summed E-state index contributed by atoms with van der Waals surface area (Å²) in [4.78, 5) is 47.6. The number of rotatable bonds is 6. The first-order chi connectivity index (χ1) is 16.0. The smallest absolute Gasteiger partial charge is 0.325 e. The number of aromatic amines is 1. The molecule has 0 bridgehead atoms. The standard InChI is InChI=1S/C25H27N5O3/c31-21(16-30-23(32)25(29-24(30)33)13-7-2-8-14-25)26-20(15-17-9-3-1-4-10-17)22-27-18-11-5-6-12-19(18)28-22/h1,3-6,9-12,20H,2,7-8,13-16H2,(H,26,31)(H,27,28)(H,29,33)/t20-/m1/s1. The number of imide groups is 1. The second kappa shape index (κ2) is 8.69. The van der Waals surface area contributed by atoms with Crippen LogP contribution >= 0.6 is 0 Å². The van der Waals surface area contributed by atoms with E-state index in [0.29, 0.717) is 25.1 Å². The lowest BCUT2D eigenvalue weighted by molar-refractivity contribution is -0.136. The van der Waals surface area contributed by atoms with Crippen LogP contribution < -0.4 is 10.6 Å². The predicted octanol–water partition coefficient (Wildman–Crippen LogP) is 3.22. The summed E-state index contributed by atoms with van der Waals surface area (Å²) in [5.74, 6) is -0.0483. The zero-order valence-corrected chi connectivity index (χ0v) is 18.3. The molecule has 8 heteroatoms. The van der Waals surface area contributed by atoms with Crippen molar-refractivity contribution in [3.8, 4) is 0 Å². The largest absolute Gasteiger partial charge is 0.344 e. The predicted molar refractivity (Wildman–Crippen MR) is 123 cm³/mol. The van der Waals surface area contributed by atoms with Crippen molar-refractivity contribution in [2.24, 2.45) is 0 Å². The number of hydrogen-bond donors (Lipinski definition) is 3. The number of imidazole rings is 1. The summed E-state index contributed by atoms with van der Waals surface area (Å²) in [6.07, 6.45) is 4.64. The summed E-state index contributed by atoms with van der Waals surface area (Å²) >= 11 is 0. The molecule has 170 valence electrons. The van der Waals surface area contributed by atoms with Gasteiger partial charge in [0.25, 0.3) is 5.91 Å². The Labute approximate surface area is 191 Å². The number of urea groups is 1. The quantitative estimate of drug-likeness (QED) is 0.507. The first kappa shape index (κ1) is 21.2. The number of fused-ring (bicyclic) bond motifs is 1. The minimum absolute atomic E-state index is 0.286. The van der Waals surface area contributed by atoms with Crippen molar-refractivity contribution in [3.63, 3.8) is 0 Å². The van der Waals surface area contributed by atoms with Gasteiger partial charge in [0.1, 0.15) is 17.9 Å². The maximum atomic E-state index is 13.0. The van der Waals surface area contributed by atoms with Crippen LogP contribution in [0.15, 0.2) is 54.6 Å². The third-order valence-corrected chi connectivity index (χ3v) is 6.61. The number of carbonyl (C=O) groups is 3. The van der Waals surface area contributed by atoms with Crippen LogP contribution in [-0.2, 0) is 16.0 Å². The minimum Gasteiger partial charge on any atom is -0.344 e. The number of amides is 4. The highest BCUT2D eigenvalue weighted by Gasteiger charge is 2.51. The second-order valence-electron chi connectivity index (χ2n) is 8.91. The average molecular weight is 446 g/mol. The minimum atomic E-state index is -0.836. The summed E-state index contributed by atoms with van der Waals surface area (Å²) < 4.78 is 0. The molecule has 1 aliphatic heterocycles. The Morgan fingerprint density at radius 3 is 2.52 bits per heavy atom. The number of carbonyl (C=O) groups excluding carboxylic acids is 3. The summed E-state index contributed by atoms with van der Waals surface area (Å²) in [6.45, 7) is -0.308. The van der Waals surface area contributed by atoms with Crippen molar-refractivity contribution in [2.45, 2.75) is 50.1 Å². The molecule has 4 amide bonds. The van der Waals surface area contributed by atoms with E-state index in [2.05, 4.69) is 20.6 Å². The Morgan fingerprint density at radius 1 is 1.03 bits per heavy atom.